The first kappa shape index (κ1) is 12.7. The third-order valence-electron chi connectivity index (χ3n) is 3.10. The van der Waals surface area contributed by atoms with E-state index in [-0.39, 0.29) is 5.91 Å². The monoisotopic (exact) mass is 287 g/mol. The molecule has 1 amide bonds. The SMILES string of the molecule is Cc1ccc(C(=O)NCc2nn3cnnc3s2)cc1C. The lowest BCUT2D eigenvalue weighted by Crippen LogP contribution is -2.22. The van der Waals surface area contributed by atoms with Gasteiger partial charge in [-0.05, 0) is 37.1 Å². The fraction of sp³-hybridized carbons (Fsp3) is 0.231. The molecule has 3 rings (SSSR count). The third kappa shape index (κ3) is 2.39. The van der Waals surface area contributed by atoms with Gasteiger partial charge < -0.3 is 5.32 Å². The molecule has 0 unspecified atom stereocenters. The molecule has 3 aromatic rings. The van der Waals surface area contributed by atoms with Gasteiger partial charge in [0, 0.05) is 5.56 Å². The fourth-order valence-corrected chi connectivity index (χ4v) is 2.57. The minimum Gasteiger partial charge on any atom is -0.345 e. The number of nitrogens with zero attached hydrogens (tertiary/aromatic N) is 4. The van der Waals surface area contributed by atoms with Crippen LogP contribution in [0, 0.1) is 13.8 Å². The summed E-state index contributed by atoms with van der Waals surface area (Å²) in [5, 5.41) is 15.6. The number of rotatable bonds is 3. The van der Waals surface area contributed by atoms with Crippen molar-refractivity contribution in [1.82, 2.24) is 25.1 Å². The Morgan fingerprint density at radius 3 is 2.95 bits per heavy atom. The molecule has 0 saturated heterocycles. The zero-order chi connectivity index (χ0) is 14.1. The molecule has 2 heterocycles. The number of benzene rings is 1. The average molecular weight is 287 g/mol. The van der Waals surface area contributed by atoms with Gasteiger partial charge >= 0.3 is 0 Å². The molecule has 0 aliphatic carbocycles. The molecule has 0 aliphatic rings. The molecule has 0 spiro atoms. The van der Waals surface area contributed by atoms with Crippen molar-refractivity contribution in [2.75, 3.05) is 0 Å². The van der Waals surface area contributed by atoms with Crippen LogP contribution in [0.3, 0.4) is 0 Å². The maximum absolute atomic E-state index is 12.1. The lowest BCUT2D eigenvalue weighted by atomic mass is 10.1. The molecule has 20 heavy (non-hydrogen) atoms. The van der Waals surface area contributed by atoms with E-state index in [2.05, 4.69) is 20.6 Å². The van der Waals surface area contributed by atoms with E-state index in [4.69, 9.17) is 0 Å². The van der Waals surface area contributed by atoms with Crippen molar-refractivity contribution >= 4 is 22.2 Å². The Labute approximate surface area is 119 Å². The molecule has 102 valence electrons. The summed E-state index contributed by atoms with van der Waals surface area (Å²) < 4.78 is 1.60. The van der Waals surface area contributed by atoms with Crippen LogP contribution in [-0.2, 0) is 6.54 Å². The highest BCUT2D eigenvalue weighted by Crippen LogP contribution is 2.12. The Morgan fingerprint density at radius 1 is 1.35 bits per heavy atom. The van der Waals surface area contributed by atoms with Crippen molar-refractivity contribution in [2.45, 2.75) is 20.4 Å². The van der Waals surface area contributed by atoms with Crippen molar-refractivity contribution in [3.05, 3.63) is 46.2 Å². The molecule has 2 aromatic heterocycles. The molecule has 0 saturated carbocycles. The first-order valence-electron chi connectivity index (χ1n) is 6.14. The van der Waals surface area contributed by atoms with Crippen LogP contribution in [-0.4, -0.2) is 25.7 Å². The van der Waals surface area contributed by atoms with Crippen molar-refractivity contribution in [1.29, 1.82) is 0 Å². The lowest BCUT2D eigenvalue weighted by molar-refractivity contribution is 0.0950. The van der Waals surface area contributed by atoms with Gasteiger partial charge in [-0.25, -0.2) is 0 Å². The van der Waals surface area contributed by atoms with Crippen LogP contribution in [0.5, 0.6) is 0 Å². The zero-order valence-corrected chi connectivity index (χ0v) is 11.9. The van der Waals surface area contributed by atoms with Gasteiger partial charge in [-0.3, -0.25) is 4.79 Å². The molecule has 0 fully saturated rings. The molecule has 0 radical (unpaired) electrons. The lowest BCUT2D eigenvalue weighted by Gasteiger charge is -2.05. The summed E-state index contributed by atoms with van der Waals surface area (Å²) in [6.07, 6.45) is 1.54. The smallest absolute Gasteiger partial charge is 0.251 e. The van der Waals surface area contributed by atoms with E-state index in [1.54, 1.807) is 10.8 Å². The van der Waals surface area contributed by atoms with Gasteiger partial charge in [0.15, 0.2) is 0 Å². The minimum absolute atomic E-state index is 0.0981. The highest BCUT2D eigenvalue weighted by molar-refractivity contribution is 7.16. The van der Waals surface area contributed by atoms with Gasteiger partial charge in [-0.2, -0.15) is 9.61 Å². The van der Waals surface area contributed by atoms with Gasteiger partial charge in [-0.1, -0.05) is 17.4 Å². The van der Waals surface area contributed by atoms with Crippen LogP contribution < -0.4 is 5.32 Å². The number of nitrogens with one attached hydrogen (secondary N) is 1. The standard InChI is InChI=1S/C13H13N5OS/c1-8-3-4-10(5-9(8)2)12(19)14-6-11-17-18-7-15-16-13(18)20-11/h3-5,7H,6H2,1-2H3,(H,14,19). The molecule has 0 atom stereocenters. The van der Waals surface area contributed by atoms with Crippen LogP contribution in [0.1, 0.15) is 26.5 Å². The number of aromatic nitrogens is 4. The summed E-state index contributed by atoms with van der Waals surface area (Å²) in [5.41, 5.74) is 2.95. The maximum Gasteiger partial charge on any atom is 0.251 e. The second-order valence-corrected chi connectivity index (χ2v) is 5.58. The molecule has 0 bridgehead atoms. The summed E-state index contributed by atoms with van der Waals surface area (Å²) in [5.74, 6) is -0.0981. The number of carbonyl (C=O) groups is 1. The summed E-state index contributed by atoms with van der Waals surface area (Å²) in [6, 6.07) is 5.67. The van der Waals surface area contributed by atoms with E-state index in [9.17, 15) is 4.79 Å². The Bertz CT molecular complexity index is 748. The number of carbonyl (C=O) groups excluding carboxylic acids is 1. The van der Waals surface area contributed by atoms with Crippen molar-refractivity contribution in [3.63, 3.8) is 0 Å². The number of aryl methyl sites for hydroxylation is 2. The predicted molar refractivity (Wildman–Crippen MR) is 75.7 cm³/mol. The maximum atomic E-state index is 12.1. The van der Waals surface area contributed by atoms with E-state index < -0.39 is 0 Å². The molecular weight excluding hydrogens is 274 g/mol. The fourth-order valence-electron chi connectivity index (χ4n) is 1.81. The second kappa shape index (κ2) is 5.01. The van der Waals surface area contributed by atoms with E-state index in [1.807, 2.05) is 32.0 Å². The normalized spacial score (nSPS) is 10.9. The van der Waals surface area contributed by atoms with Crippen LogP contribution >= 0.6 is 11.3 Å². The van der Waals surface area contributed by atoms with E-state index in [0.717, 1.165) is 15.5 Å². The highest BCUT2D eigenvalue weighted by Gasteiger charge is 2.09. The van der Waals surface area contributed by atoms with Crippen molar-refractivity contribution in [3.8, 4) is 0 Å². The molecule has 1 N–H and O–H groups in total. The van der Waals surface area contributed by atoms with E-state index >= 15 is 0 Å². The van der Waals surface area contributed by atoms with Crippen LogP contribution in [0.4, 0.5) is 0 Å². The van der Waals surface area contributed by atoms with Gasteiger partial charge in [0.05, 0.1) is 6.54 Å². The van der Waals surface area contributed by atoms with Crippen molar-refractivity contribution in [2.24, 2.45) is 0 Å². The molecule has 1 aromatic carbocycles. The summed E-state index contributed by atoms with van der Waals surface area (Å²) >= 11 is 1.41. The first-order chi connectivity index (χ1) is 9.63. The van der Waals surface area contributed by atoms with Gasteiger partial charge in [0.2, 0.25) is 4.96 Å². The predicted octanol–water partition coefficient (Wildman–Crippen LogP) is 1.73. The molecule has 7 heteroatoms. The number of hydrogen-bond acceptors (Lipinski definition) is 5. The number of fused-ring (bicyclic) bond motifs is 1. The molecule has 0 aliphatic heterocycles. The summed E-state index contributed by atoms with van der Waals surface area (Å²) in [6.45, 7) is 4.41. The minimum atomic E-state index is -0.0981. The van der Waals surface area contributed by atoms with E-state index in [1.165, 1.54) is 16.9 Å². The summed E-state index contributed by atoms with van der Waals surface area (Å²) in [4.78, 5) is 12.8. The largest absolute Gasteiger partial charge is 0.345 e. The Morgan fingerprint density at radius 2 is 2.20 bits per heavy atom. The highest BCUT2D eigenvalue weighted by atomic mass is 32.1. The van der Waals surface area contributed by atoms with Crippen LogP contribution in [0.25, 0.3) is 4.96 Å². The van der Waals surface area contributed by atoms with Crippen LogP contribution in [0.2, 0.25) is 0 Å². The molecular formula is C13H13N5OS. The van der Waals surface area contributed by atoms with Gasteiger partial charge in [0.25, 0.3) is 5.91 Å². The topological polar surface area (TPSA) is 72.2 Å². The van der Waals surface area contributed by atoms with Gasteiger partial charge in [-0.15, -0.1) is 10.2 Å². The first-order valence-corrected chi connectivity index (χ1v) is 6.96. The summed E-state index contributed by atoms with van der Waals surface area (Å²) in [7, 11) is 0. The second-order valence-electron chi connectivity index (χ2n) is 4.54. The van der Waals surface area contributed by atoms with Gasteiger partial charge in [0.1, 0.15) is 11.3 Å². The quantitative estimate of drug-likeness (QED) is 0.796. The Hall–Kier alpha value is -2.28. The molecule has 6 nitrogen and oxygen atoms in total. The number of amides is 1. The van der Waals surface area contributed by atoms with E-state index in [0.29, 0.717) is 12.1 Å². The Kier molecular flexibility index (Phi) is 3.19. The number of hydrogen-bond donors (Lipinski definition) is 1. The van der Waals surface area contributed by atoms with Crippen molar-refractivity contribution < 1.29 is 4.79 Å². The third-order valence-corrected chi connectivity index (χ3v) is 4.01. The van der Waals surface area contributed by atoms with Crippen LogP contribution in [0.15, 0.2) is 24.5 Å². The average Bonchev–Trinajstić information content (AvgIpc) is 3.00. The Balaban J connectivity index is 1.69. The zero-order valence-electron chi connectivity index (χ0n) is 11.1.